The van der Waals surface area contributed by atoms with E-state index in [0.29, 0.717) is 12.8 Å². The average Bonchev–Trinajstić information content (AvgIpc) is 3.90. The first-order valence-corrected chi connectivity index (χ1v) is 21.2. The molecule has 0 radical (unpaired) electrons. The Labute approximate surface area is 364 Å². The summed E-state index contributed by atoms with van der Waals surface area (Å²) in [4.78, 5) is 0. The zero-order chi connectivity index (χ0) is 43.0. The third kappa shape index (κ3) is 26.2. The molecule has 0 atom stereocenters. The van der Waals surface area contributed by atoms with Crippen LogP contribution in [0, 0.1) is 70.8 Å². The molecule has 59 heavy (non-hydrogen) atoms. The molecule has 2 aliphatic rings. The van der Waals surface area contributed by atoms with Crippen LogP contribution in [0.3, 0.4) is 0 Å². The van der Waals surface area contributed by atoms with Crippen LogP contribution in [0.5, 0.6) is 11.5 Å². The van der Waals surface area contributed by atoms with Crippen LogP contribution < -0.4 is 9.47 Å². The van der Waals surface area contributed by atoms with Crippen molar-refractivity contribution >= 4 is 0 Å². The minimum absolute atomic E-state index is 0. The third-order valence-electron chi connectivity index (χ3n) is 9.23. The van der Waals surface area contributed by atoms with Gasteiger partial charge in [-0.3, -0.25) is 29.7 Å². The summed E-state index contributed by atoms with van der Waals surface area (Å²) in [6.07, 6.45) is 39.0. The van der Waals surface area contributed by atoms with E-state index < -0.39 is 58.0 Å². The number of benzene rings is 2. The standard InChI is InChI=1S/2C18H25F4O.2C6H7.Ti/c2*1-2-3-4-5-6-7-8-9-10-11-12-23-18-16(21)14(19)13-15(20)17(18)22;2*1-6-4-2-3-5-6;/h2*2-12H2,1H3;2*2,4H,3H2,1H3;/q4*-1;+4. The van der Waals surface area contributed by atoms with Crippen molar-refractivity contribution in [1.29, 1.82) is 0 Å². The maximum absolute atomic E-state index is 13.3. The molecule has 4 rings (SSSR count). The van der Waals surface area contributed by atoms with Crippen LogP contribution in [0.4, 0.5) is 35.1 Å². The van der Waals surface area contributed by atoms with E-state index in [9.17, 15) is 35.1 Å². The summed E-state index contributed by atoms with van der Waals surface area (Å²) in [6.45, 7) is 8.57. The van der Waals surface area contributed by atoms with E-state index in [0.717, 1.165) is 51.4 Å². The third-order valence-corrected chi connectivity index (χ3v) is 9.23. The van der Waals surface area contributed by atoms with Crippen molar-refractivity contribution in [2.75, 3.05) is 13.2 Å². The molecule has 0 amide bonds. The summed E-state index contributed by atoms with van der Waals surface area (Å²) in [7, 11) is 0. The molecule has 328 valence electrons. The smallest absolute Gasteiger partial charge is 0.513 e. The van der Waals surface area contributed by atoms with Crippen molar-refractivity contribution in [1.82, 2.24) is 0 Å². The van der Waals surface area contributed by atoms with E-state index >= 15 is 0 Å². The zero-order valence-corrected chi connectivity index (χ0v) is 37.2. The van der Waals surface area contributed by atoms with E-state index in [2.05, 4.69) is 64.2 Å². The van der Waals surface area contributed by atoms with Gasteiger partial charge >= 0.3 is 21.7 Å². The molecule has 0 fully saturated rings. The van der Waals surface area contributed by atoms with E-state index in [1.165, 1.54) is 100 Å². The Morgan fingerprint density at radius 1 is 0.424 bits per heavy atom. The van der Waals surface area contributed by atoms with Crippen LogP contribution in [0.25, 0.3) is 0 Å². The molecule has 0 bridgehead atoms. The van der Waals surface area contributed by atoms with Crippen molar-refractivity contribution in [3.63, 3.8) is 0 Å². The first-order valence-electron chi connectivity index (χ1n) is 21.2. The summed E-state index contributed by atoms with van der Waals surface area (Å²) in [6, 6.07) is 2.65. The normalized spacial score (nSPS) is 12.3. The maximum atomic E-state index is 13.3. The Hall–Kier alpha value is -2.85. The molecule has 0 spiro atoms. The molecule has 0 N–H and O–H groups in total. The van der Waals surface area contributed by atoms with E-state index in [-0.39, 0.29) is 34.9 Å². The summed E-state index contributed by atoms with van der Waals surface area (Å²) in [5.74, 6) is -14.4. The van der Waals surface area contributed by atoms with Gasteiger partial charge in [0.1, 0.15) is 0 Å². The van der Waals surface area contributed by atoms with Crippen LogP contribution in [-0.2, 0) is 21.7 Å². The van der Waals surface area contributed by atoms with Crippen LogP contribution in [0.15, 0.2) is 35.5 Å². The second kappa shape index (κ2) is 35.9. The molecule has 0 aliphatic heterocycles. The SMILES string of the molecule is CC1=[C-]CC=C1.CC1=[C-]CC=C1.CCCCCCCCCCCCOc1c(F)c(F)[c-]c(F)c1F.CCCCCCCCCCCCOc1c(F)c(F)[c-]c(F)c1F.[Ti+4]. The summed E-state index contributed by atoms with van der Waals surface area (Å²) in [5, 5.41) is 0. The summed E-state index contributed by atoms with van der Waals surface area (Å²) >= 11 is 0. The van der Waals surface area contributed by atoms with Crippen molar-refractivity contribution in [2.45, 2.75) is 169 Å². The number of allylic oxidation sites excluding steroid dienone is 8. The molecular weight excluding hydrogens is 808 g/mol. The molecule has 0 saturated carbocycles. The predicted molar refractivity (Wildman–Crippen MR) is 217 cm³/mol. The topological polar surface area (TPSA) is 18.5 Å². The fourth-order valence-corrected chi connectivity index (χ4v) is 5.81. The molecule has 2 aliphatic carbocycles. The Morgan fingerprint density at radius 2 is 0.678 bits per heavy atom. The van der Waals surface area contributed by atoms with Crippen molar-refractivity contribution < 1.29 is 66.3 Å². The van der Waals surface area contributed by atoms with Crippen molar-refractivity contribution in [3.05, 3.63) is 106 Å². The van der Waals surface area contributed by atoms with Gasteiger partial charge in [-0.25, -0.2) is 40.9 Å². The molecule has 2 aromatic rings. The van der Waals surface area contributed by atoms with Gasteiger partial charge in [-0.1, -0.05) is 143 Å². The van der Waals surface area contributed by atoms with E-state index in [1.807, 2.05) is 0 Å². The number of halogens is 8. The molecule has 0 saturated heterocycles. The van der Waals surface area contributed by atoms with Gasteiger partial charge in [0, 0.05) is 0 Å². The number of unbranched alkanes of at least 4 members (excludes halogenated alkanes) is 18. The first kappa shape index (κ1) is 56.2. The minimum Gasteiger partial charge on any atom is -0.513 e. The Morgan fingerprint density at radius 3 is 0.881 bits per heavy atom. The quantitative estimate of drug-likeness (QED) is 0.0344. The summed E-state index contributed by atoms with van der Waals surface area (Å²) in [5.41, 5.74) is 2.55. The molecule has 2 nitrogen and oxygen atoms in total. The van der Waals surface area contributed by atoms with Crippen LogP contribution in [0.1, 0.15) is 169 Å². The van der Waals surface area contributed by atoms with E-state index in [1.54, 1.807) is 0 Å². The maximum Gasteiger partial charge on any atom is 4.00 e. The van der Waals surface area contributed by atoms with Crippen LogP contribution >= 0.6 is 0 Å². The average molecular weight is 873 g/mol. The molecule has 0 unspecified atom stereocenters. The van der Waals surface area contributed by atoms with Gasteiger partial charge in [0.15, 0.2) is 0 Å². The van der Waals surface area contributed by atoms with Gasteiger partial charge in [-0.05, 0) is 12.8 Å². The molecule has 11 heteroatoms. The molecule has 2 aromatic carbocycles. The monoisotopic (exact) mass is 872 g/mol. The minimum atomic E-state index is -1.57. The van der Waals surface area contributed by atoms with Gasteiger partial charge in [-0.2, -0.15) is 12.2 Å². The van der Waals surface area contributed by atoms with Gasteiger partial charge in [0.2, 0.25) is 0 Å². The fourth-order valence-electron chi connectivity index (χ4n) is 5.81. The number of hydrogen-bond acceptors (Lipinski definition) is 2. The largest absolute Gasteiger partial charge is 4.00 e. The van der Waals surface area contributed by atoms with Crippen molar-refractivity contribution in [3.8, 4) is 11.5 Å². The van der Waals surface area contributed by atoms with Gasteiger partial charge < -0.3 is 9.47 Å². The predicted octanol–water partition coefficient (Wildman–Crippen LogP) is 16.1. The Kier molecular flexibility index (Phi) is 34.1. The van der Waals surface area contributed by atoms with Gasteiger partial charge in [-0.15, -0.1) is 25.0 Å². The molecular formula is C48H64F8O2Ti. The first-order chi connectivity index (χ1) is 27.9. The number of hydrogen-bond donors (Lipinski definition) is 0. The number of rotatable bonds is 24. The molecule has 0 heterocycles. The Balaban J connectivity index is 0.000000872. The second-order valence-corrected chi connectivity index (χ2v) is 14.4. The molecule has 0 aromatic heterocycles. The van der Waals surface area contributed by atoms with Crippen molar-refractivity contribution in [2.24, 2.45) is 0 Å². The van der Waals surface area contributed by atoms with Crippen LogP contribution in [-0.4, -0.2) is 13.2 Å². The van der Waals surface area contributed by atoms with Gasteiger partial charge in [0.25, 0.3) is 0 Å². The summed E-state index contributed by atoms with van der Waals surface area (Å²) < 4.78 is 115. The number of ether oxygens (including phenoxy) is 2. The fraction of sp³-hybridized carbons (Fsp3) is 0.583. The second-order valence-electron chi connectivity index (χ2n) is 14.4. The Bertz CT molecular complexity index is 1370. The zero-order valence-electron chi connectivity index (χ0n) is 35.6. The van der Waals surface area contributed by atoms with E-state index in [4.69, 9.17) is 9.47 Å². The van der Waals surface area contributed by atoms with Gasteiger partial charge in [0.05, 0.1) is 71.3 Å². The van der Waals surface area contributed by atoms with Crippen LogP contribution in [0.2, 0.25) is 0 Å².